The quantitative estimate of drug-likeness (QED) is 0.793. The lowest BCUT2D eigenvalue weighted by molar-refractivity contribution is -0.0992. The molecule has 3 heteroatoms. The van der Waals surface area contributed by atoms with Crippen LogP contribution in [0.3, 0.4) is 0 Å². The standard InChI is InChI=1S/C14H26N2O/c1-15-12-4-8-16(11-12)13-5-9-17-14(10-13)6-2-3-7-14/h12-13,15H,2-11H2,1H3. The van der Waals surface area contributed by atoms with Gasteiger partial charge in [-0.25, -0.2) is 0 Å². The van der Waals surface area contributed by atoms with E-state index in [1.807, 2.05) is 0 Å². The summed E-state index contributed by atoms with van der Waals surface area (Å²) in [6.45, 7) is 3.52. The number of hydrogen-bond donors (Lipinski definition) is 1. The van der Waals surface area contributed by atoms with Gasteiger partial charge in [0, 0.05) is 31.8 Å². The topological polar surface area (TPSA) is 24.5 Å². The van der Waals surface area contributed by atoms with Gasteiger partial charge in [-0.3, -0.25) is 4.90 Å². The Labute approximate surface area is 105 Å². The average Bonchev–Trinajstić information content (AvgIpc) is 2.99. The Kier molecular flexibility index (Phi) is 3.42. The average molecular weight is 238 g/mol. The molecular weight excluding hydrogens is 212 g/mol. The summed E-state index contributed by atoms with van der Waals surface area (Å²) in [6.07, 6.45) is 9.25. The van der Waals surface area contributed by atoms with Crippen molar-refractivity contribution in [1.82, 2.24) is 10.2 Å². The van der Waals surface area contributed by atoms with Crippen molar-refractivity contribution in [2.75, 3.05) is 26.7 Å². The predicted molar refractivity (Wildman–Crippen MR) is 69.2 cm³/mol. The molecule has 0 bridgehead atoms. The number of likely N-dealkylation sites (tertiary alicyclic amines) is 1. The fourth-order valence-corrected chi connectivity index (χ4v) is 4.04. The van der Waals surface area contributed by atoms with Gasteiger partial charge in [0.25, 0.3) is 0 Å². The summed E-state index contributed by atoms with van der Waals surface area (Å²) in [4.78, 5) is 2.71. The van der Waals surface area contributed by atoms with Crippen LogP contribution in [0, 0.1) is 0 Å². The van der Waals surface area contributed by atoms with Crippen molar-refractivity contribution in [3.05, 3.63) is 0 Å². The van der Waals surface area contributed by atoms with Crippen LogP contribution in [0.2, 0.25) is 0 Å². The Balaban J connectivity index is 1.60. The summed E-state index contributed by atoms with van der Waals surface area (Å²) in [6, 6.07) is 1.51. The molecular formula is C14H26N2O. The molecule has 2 unspecified atom stereocenters. The van der Waals surface area contributed by atoms with Gasteiger partial charge < -0.3 is 10.1 Å². The number of nitrogens with zero attached hydrogens (tertiary/aromatic N) is 1. The third kappa shape index (κ3) is 2.38. The first kappa shape index (κ1) is 11.9. The minimum absolute atomic E-state index is 0.278. The number of rotatable bonds is 2. The zero-order chi connectivity index (χ0) is 11.7. The van der Waals surface area contributed by atoms with E-state index in [2.05, 4.69) is 17.3 Å². The summed E-state index contributed by atoms with van der Waals surface area (Å²) in [5.74, 6) is 0. The van der Waals surface area contributed by atoms with Crippen molar-refractivity contribution < 1.29 is 4.74 Å². The van der Waals surface area contributed by atoms with Crippen molar-refractivity contribution in [1.29, 1.82) is 0 Å². The molecule has 2 heterocycles. The molecule has 1 aliphatic carbocycles. The fraction of sp³-hybridized carbons (Fsp3) is 1.00. The number of nitrogens with one attached hydrogen (secondary N) is 1. The van der Waals surface area contributed by atoms with Gasteiger partial charge in [-0.1, -0.05) is 12.8 Å². The largest absolute Gasteiger partial charge is 0.375 e. The van der Waals surface area contributed by atoms with Gasteiger partial charge in [-0.2, -0.15) is 0 Å². The smallest absolute Gasteiger partial charge is 0.0697 e. The lowest BCUT2D eigenvalue weighted by Crippen LogP contribution is -2.47. The Morgan fingerprint density at radius 1 is 1.24 bits per heavy atom. The highest BCUT2D eigenvalue weighted by Gasteiger charge is 2.42. The van der Waals surface area contributed by atoms with Crippen LogP contribution in [0.5, 0.6) is 0 Å². The number of ether oxygens (including phenoxy) is 1. The second-order valence-electron chi connectivity index (χ2n) is 6.15. The van der Waals surface area contributed by atoms with Crippen molar-refractivity contribution in [3.63, 3.8) is 0 Å². The van der Waals surface area contributed by atoms with Gasteiger partial charge in [0.05, 0.1) is 5.60 Å². The summed E-state index contributed by atoms with van der Waals surface area (Å²) in [5.41, 5.74) is 0.278. The van der Waals surface area contributed by atoms with Crippen molar-refractivity contribution >= 4 is 0 Å². The molecule has 0 aromatic heterocycles. The molecule has 98 valence electrons. The van der Waals surface area contributed by atoms with Crippen LogP contribution < -0.4 is 5.32 Å². The molecule has 2 aliphatic heterocycles. The van der Waals surface area contributed by atoms with Crippen LogP contribution in [0.1, 0.15) is 44.9 Å². The highest BCUT2D eigenvalue weighted by atomic mass is 16.5. The van der Waals surface area contributed by atoms with Crippen LogP contribution in [0.25, 0.3) is 0 Å². The Morgan fingerprint density at radius 3 is 2.76 bits per heavy atom. The van der Waals surface area contributed by atoms with E-state index in [1.165, 1.54) is 58.0 Å². The monoisotopic (exact) mass is 238 g/mol. The summed E-state index contributed by atoms with van der Waals surface area (Å²) in [7, 11) is 2.09. The SMILES string of the molecule is CNC1CCN(C2CCOC3(CCCC3)C2)C1. The van der Waals surface area contributed by atoms with Crippen molar-refractivity contribution in [2.45, 2.75) is 62.6 Å². The van der Waals surface area contributed by atoms with E-state index in [0.29, 0.717) is 0 Å². The lowest BCUT2D eigenvalue weighted by Gasteiger charge is -2.42. The number of hydrogen-bond acceptors (Lipinski definition) is 3. The van der Waals surface area contributed by atoms with Crippen LogP contribution in [0.15, 0.2) is 0 Å². The summed E-state index contributed by atoms with van der Waals surface area (Å²) >= 11 is 0. The van der Waals surface area contributed by atoms with Crippen LogP contribution in [0.4, 0.5) is 0 Å². The van der Waals surface area contributed by atoms with E-state index in [-0.39, 0.29) is 5.60 Å². The lowest BCUT2D eigenvalue weighted by atomic mass is 9.88. The summed E-state index contributed by atoms with van der Waals surface area (Å²) < 4.78 is 6.13. The van der Waals surface area contributed by atoms with E-state index in [4.69, 9.17) is 4.74 Å². The second-order valence-corrected chi connectivity index (χ2v) is 6.15. The third-order valence-corrected chi connectivity index (χ3v) is 5.13. The van der Waals surface area contributed by atoms with E-state index < -0.39 is 0 Å². The van der Waals surface area contributed by atoms with Gasteiger partial charge >= 0.3 is 0 Å². The molecule has 0 aromatic carbocycles. The Bertz CT molecular complexity index is 263. The van der Waals surface area contributed by atoms with Crippen LogP contribution >= 0.6 is 0 Å². The highest BCUT2D eigenvalue weighted by molar-refractivity contribution is 4.96. The molecule has 0 radical (unpaired) electrons. The molecule has 1 saturated carbocycles. The zero-order valence-electron chi connectivity index (χ0n) is 11.1. The first-order valence-corrected chi connectivity index (χ1v) is 7.37. The molecule has 2 saturated heterocycles. The van der Waals surface area contributed by atoms with Crippen LogP contribution in [-0.4, -0.2) is 49.3 Å². The molecule has 1 N–H and O–H groups in total. The molecule has 17 heavy (non-hydrogen) atoms. The molecule has 3 fully saturated rings. The molecule has 1 spiro atoms. The van der Waals surface area contributed by atoms with Crippen molar-refractivity contribution in [2.24, 2.45) is 0 Å². The van der Waals surface area contributed by atoms with E-state index in [1.54, 1.807) is 0 Å². The van der Waals surface area contributed by atoms with Crippen LogP contribution in [-0.2, 0) is 4.74 Å². The van der Waals surface area contributed by atoms with Gasteiger partial charge in [-0.15, -0.1) is 0 Å². The Morgan fingerprint density at radius 2 is 2.06 bits per heavy atom. The number of likely N-dealkylation sites (N-methyl/N-ethyl adjacent to an activating group) is 1. The maximum atomic E-state index is 6.13. The summed E-state index contributed by atoms with van der Waals surface area (Å²) in [5, 5.41) is 3.42. The minimum atomic E-state index is 0.278. The van der Waals surface area contributed by atoms with Gasteiger partial charge in [0.2, 0.25) is 0 Å². The predicted octanol–water partition coefficient (Wildman–Crippen LogP) is 1.77. The molecule has 0 amide bonds. The molecule has 3 nitrogen and oxygen atoms in total. The first-order valence-electron chi connectivity index (χ1n) is 7.37. The van der Waals surface area contributed by atoms with Gasteiger partial charge in [0.15, 0.2) is 0 Å². The molecule has 3 aliphatic rings. The first-order chi connectivity index (χ1) is 8.31. The second kappa shape index (κ2) is 4.87. The van der Waals surface area contributed by atoms with E-state index in [0.717, 1.165) is 18.7 Å². The van der Waals surface area contributed by atoms with E-state index in [9.17, 15) is 0 Å². The van der Waals surface area contributed by atoms with Gasteiger partial charge in [-0.05, 0) is 39.2 Å². The van der Waals surface area contributed by atoms with Gasteiger partial charge in [0.1, 0.15) is 0 Å². The van der Waals surface area contributed by atoms with Crippen molar-refractivity contribution in [3.8, 4) is 0 Å². The zero-order valence-corrected chi connectivity index (χ0v) is 11.1. The third-order valence-electron chi connectivity index (χ3n) is 5.13. The maximum absolute atomic E-state index is 6.13. The maximum Gasteiger partial charge on any atom is 0.0697 e. The molecule has 3 rings (SSSR count). The Hall–Kier alpha value is -0.120. The molecule has 0 aromatic rings. The minimum Gasteiger partial charge on any atom is -0.375 e. The molecule has 2 atom stereocenters. The van der Waals surface area contributed by atoms with E-state index >= 15 is 0 Å². The fourth-order valence-electron chi connectivity index (χ4n) is 4.04. The normalized spacial score (nSPS) is 37.9. The highest BCUT2D eigenvalue weighted by Crippen LogP contribution is 2.41.